The maximum atomic E-state index is 13.0. The SMILES string of the molecule is Cc1ccc2nc(N(CCCn3ccnc3)C(=O)COc3ccc(Cl)cc3)sc2c1.Cl. The van der Waals surface area contributed by atoms with Crippen LogP contribution in [0.3, 0.4) is 0 Å². The highest BCUT2D eigenvalue weighted by atomic mass is 35.5. The van der Waals surface area contributed by atoms with E-state index >= 15 is 0 Å². The third kappa shape index (κ3) is 5.97. The van der Waals surface area contributed by atoms with Crippen molar-refractivity contribution < 1.29 is 9.53 Å². The van der Waals surface area contributed by atoms with Crippen LogP contribution in [0.1, 0.15) is 12.0 Å². The molecule has 162 valence electrons. The summed E-state index contributed by atoms with van der Waals surface area (Å²) in [6.45, 7) is 3.29. The molecule has 2 aromatic carbocycles. The van der Waals surface area contributed by atoms with Crippen LogP contribution >= 0.6 is 35.3 Å². The summed E-state index contributed by atoms with van der Waals surface area (Å²) >= 11 is 7.43. The van der Waals surface area contributed by atoms with Gasteiger partial charge in [-0.15, -0.1) is 12.4 Å². The van der Waals surface area contributed by atoms with E-state index in [1.165, 1.54) is 16.9 Å². The molecular formula is C22H22Cl2N4O2S. The molecule has 4 aromatic rings. The zero-order valence-corrected chi connectivity index (χ0v) is 19.3. The van der Waals surface area contributed by atoms with Crippen molar-refractivity contribution in [3.63, 3.8) is 0 Å². The highest BCUT2D eigenvalue weighted by Crippen LogP contribution is 2.30. The number of thiazole rings is 1. The second kappa shape index (κ2) is 10.6. The molecule has 9 heteroatoms. The van der Waals surface area contributed by atoms with E-state index in [0.29, 0.717) is 22.4 Å². The number of fused-ring (bicyclic) bond motifs is 1. The maximum absolute atomic E-state index is 13.0. The highest BCUT2D eigenvalue weighted by Gasteiger charge is 2.20. The number of hydrogen-bond donors (Lipinski definition) is 0. The second-order valence-electron chi connectivity index (χ2n) is 6.91. The summed E-state index contributed by atoms with van der Waals surface area (Å²) in [6.07, 6.45) is 6.21. The van der Waals surface area contributed by atoms with E-state index in [1.54, 1.807) is 41.7 Å². The van der Waals surface area contributed by atoms with Crippen molar-refractivity contribution in [3.8, 4) is 5.75 Å². The Morgan fingerprint density at radius 2 is 2.03 bits per heavy atom. The first-order valence-corrected chi connectivity index (χ1v) is 10.8. The number of hydrogen-bond acceptors (Lipinski definition) is 5. The number of rotatable bonds is 8. The van der Waals surface area contributed by atoms with Crippen LogP contribution in [0.4, 0.5) is 5.13 Å². The molecule has 0 saturated heterocycles. The number of carbonyl (C=O) groups excluding carboxylic acids is 1. The third-order valence-electron chi connectivity index (χ3n) is 4.60. The van der Waals surface area contributed by atoms with Crippen LogP contribution in [0.5, 0.6) is 5.75 Å². The number of halogens is 2. The monoisotopic (exact) mass is 476 g/mol. The molecule has 6 nitrogen and oxygen atoms in total. The number of imidazole rings is 1. The topological polar surface area (TPSA) is 60.2 Å². The first kappa shape index (κ1) is 23.1. The average molecular weight is 477 g/mol. The van der Waals surface area contributed by atoms with Gasteiger partial charge in [-0.3, -0.25) is 9.69 Å². The Labute approximate surface area is 195 Å². The molecule has 31 heavy (non-hydrogen) atoms. The summed E-state index contributed by atoms with van der Waals surface area (Å²) in [5.74, 6) is 0.470. The minimum Gasteiger partial charge on any atom is -0.484 e. The van der Waals surface area contributed by atoms with E-state index in [1.807, 2.05) is 29.8 Å². The zero-order chi connectivity index (χ0) is 20.9. The van der Waals surface area contributed by atoms with E-state index < -0.39 is 0 Å². The maximum Gasteiger partial charge on any atom is 0.266 e. The van der Waals surface area contributed by atoms with Crippen LogP contribution in [0.15, 0.2) is 61.2 Å². The summed E-state index contributed by atoms with van der Waals surface area (Å²) in [6, 6.07) is 13.1. The Kier molecular flexibility index (Phi) is 7.90. The van der Waals surface area contributed by atoms with Crippen LogP contribution in [0.25, 0.3) is 10.2 Å². The quantitative estimate of drug-likeness (QED) is 0.342. The van der Waals surface area contributed by atoms with Crippen molar-refractivity contribution in [1.82, 2.24) is 14.5 Å². The van der Waals surface area contributed by atoms with E-state index in [-0.39, 0.29) is 24.9 Å². The number of nitrogens with zero attached hydrogens (tertiary/aromatic N) is 4. The van der Waals surface area contributed by atoms with Gasteiger partial charge in [0.05, 0.1) is 16.5 Å². The van der Waals surface area contributed by atoms with Crippen molar-refractivity contribution >= 4 is 56.6 Å². The first-order chi connectivity index (χ1) is 14.6. The lowest BCUT2D eigenvalue weighted by atomic mass is 10.2. The number of ether oxygens (including phenoxy) is 1. The fraction of sp³-hybridized carbons (Fsp3) is 0.227. The molecule has 2 heterocycles. The lowest BCUT2D eigenvalue weighted by Gasteiger charge is -2.20. The van der Waals surface area contributed by atoms with E-state index in [2.05, 4.69) is 16.0 Å². The van der Waals surface area contributed by atoms with Crippen molar-refractivity contribution in [2.45, 2.75) is 19.9 Å². The Morgan fingerprint density at radius 3 is 2.77 bits per heavy atom. The fourth-order valence-electron chi connectivity index (χ4n) is 3.05. The molecule has 0 N–H and O–H groups in total. The molecule has 0 saturated carbocycles. The number of amides is 1. The van der Waals surface area contributed by atoms with E-state index in [9.17, 15) is 4.79 Å². The number of benzene rings is 2. The first-order valence-electron chi connectivity index (χ1n) is 9.60. The normalized spacial score (nSPS) is 10.6. The summed E-state index contributed by atoms with van der Waals surface area (Å²) < 4.78 is 8.74. The van der Waals surface area contributed by atoms with Gasteiger partial charge in [0, 0.05) is 30.5 Å². The summed E-state index contributed by atoms with van der Waals surface area (Å²) in [5, 5.41) is 1.31. The second-order valence-corrected chi connectivity index (χ2v) is 8.36. The molecule has 0 radical (unpaired) electrons. The minimum atomic E-state index is -0.133. The van der Waals surface area contributed by atoms with Crippen molar-refractivity contribution in [3.05, 3.63) is 71.8 Å². The van der Waals surface area contributed by atoms with Crippen LogP contribution in [0.2, 0.25) is 5.02 Å². The van der Waals surface area contributed by atoms with Gasteiger partial charge < -0.3 is 9.30 Å². The molecule has 0 fully saturated rings. The number of anilines is 1. The van der Waals surface area contributed by atoms with Gasteiger partial charge in [0.1, 0.15) is 5.75 Å². The lowest BCUT2D eigenvalue weighted by Crippen LogP contribution is -2.36. The molecule has 0 aliphatic heterocycles. The number of carbonyl (C=O) groups is 1. The van der Waals surface area contributed by atoms with Crippen molar-refractivity contribution in [1.29, 1.82) is 0 Å². The Morgan fingerprint density at radius 1 is 1.23 bits per heavy atom. The van der Waals surface area contributed by atoms with Gasteiger partial charge in [-0.1, -0.05) is 29.0 Å². The van der Waals surface area contributed by atoms with Gasteiger partial charge in [-0.05, 0) is 55.3 Å². The van der Waals surface area contributed by atoms with Crippen LogP contribution in [-0.2, 0) is 11.3 Å². The predicted molar refractivity (Wildman–Crippen MR) is 128 cm³/mol. The van der Waals surface area contributed by atoms with E-state index in [4.69, 9.17) is 16.3 Å². The lowest BCUT2D eigenvalue weighted by molar-refractivity contribution is -0.120. The van der Waals surface area contributed by atoms with Crippen molar-refractivity contribution in [2.75, 3.05) is 18.1 Å². The molecule has 0 bridgehead atoms. The Bertz CT molecular complexity index is 1130. The molecule has 0 spiro atoms. The smallest absolute Gasteiger partial charge is 0.266 e. The van der Waals surface area contributed by atoms with Gasteiger partial charge in [-0.25, -0.2) is 9.97 Å². The highest BCUT2D eigenvalue weighted by molar-refractivity contribution is 7.22. The molecule has 0 atom stereocenters. The van der Waals surface area contributed by atoms with Gasteiger partial charge in [0.15, 0.2) is 11.7 Å². The number of aryl methyl sites for hydroxylation is 2. The minimum absolute atomic E-state index is 0. The van der Waals surface area contributed by atoms with Crippen molar-refractivity contribution in [2.24, 2.45) is 0 Å². The van der Waals surface area contributed by atoms with Gasteiger partial charge in [-0.2, -0.15) is 0 Å². The van der Waals surface area contributed by atoms with Crippen LogP contribution in [0, 0.1) is 6.92 Å². The summed E-state index contributed by atoms with van der Waals surface area (Å²) in [7, 11) is 0. The Balaban J connectivity index is 0.00000272. The molecule has 1 amide bonds. The van der Waals surface area contributed by atoms with Gasteiger partial charge in [0.25, 0.3) is 5.91 Å². The largest absolute Gasteiger partial charge is 0.484 e. The van der Waals surface area contributed by atoms with Crippen LogP contribution < -0.4 is 9.64 Å². The van der Waals surface area contributed by atoms with Gasteiger partial charge in [0.2, 0.25) is 0 Å². The molecular weight excluding hydrogens is 455 g/mol. The predicted octanol–water partition coefficient (Wildman–Crippen LogP) is 5.38. The number of aromatic nitrogens is 3. The molecule has 0 unspecified atom stereocenters. The standard InChI is InChI=1S/C22H21ClN4O2S.ClH/c1-16-3-8-19-20(13-16)30-22(25-19)27(11-2-10-26-12-9-24-15-26)21(28)14-29-18-6-4-17(23)5-7-18;/h3-9,12-13,15H,2,10-11,14H2,1H3;1H. The fourth-order valence-corrected chi connectivity index (χ4v) is 4.28. The van der Waals surface area contributed by atoms with Gasteiger partial charge >= 0.3 is 0 Å². The molecule has 0 aliphatic carbocycles. The summed E-state index contributed by atoms with van der Waals surface area (Å²) in [4.78, 5) is 23.5. The zero-order valence-electron chi connectivity index (χ0n) is 16.9. The van der Waals surface area contributed by atoms with E-state index in [0.717, 1.165) is 23.2 Å². The third-order valence-corrected chi connectivity index (χ3v) is 5.89. The van der Waals surface area contributed by atoms with Crippen LogP contribution in [-0.4, -0.2) is 33.6 Å². The molecule has 0 aliphatic rings. The molecule has 4 rings (SSSR count). The average Bonchev–Trinajstić information content (AvgIpc) is 3.40. The molecule has 2 aromatic heterocycles. The Hall–Kier alpha value is -2.61. The summed E-state index contributed by atoms with van der Waals surface area (Å²) in [5.41, 5.74) is 2.06.